The lowest BCUT2D eigenvalue weighted by Gasteiger charge is -2.13. The highest BCUT2D eigenvalue weighted by Crippen LogP contribution is 2.13. The normalized spacial score (nSPS) is 11.6. The number of rotatable bonds is 8. The van der Waals surface area contributed by atoms with Gasteiger partial charge in [-0.3, -0.25) is 0 Å². The molecule has 0 aliphatic heterocycles. The molecule has 0 bridgehead atoms. The minimum atomic E-state index is -3.37. The van der Waals surface area contributed by atoms with Crippen LogP contribution in [0.1, 0.15) is 36.5 Å². The zero-order valence-corrected chi connectivity index (χ0v) is 14.6. The molecule has 2 rings (SSSR count). The predicted molar refractivity (Wildman–Crippen MR) is 91.3 cm³/mol. The van der Waals surface area contributed by atoms with Crippen LogP contribution in [0.15, 0.2) is 40.8 Å². The molecule has 0 amide bonds. The Kier molecular flexibility index (Phi) is 6.15. The van der Waals surface area contributed by atoms with Gasteiger partial charge < -0.3 is 9.73 Å². The Morgan fingerprint density at radius 1 is 1.12 bits per heavy atom. The molecule has 128 valence electrons. The van der Waals surface area contributed by atoms with Gasteiger partial charge >= 0.3 is 0 Å². The Morgan fingerprint density at radius 3 is 2.46 bits per heavy atom. The maximum Gasteiger partial charge on any atom is 0.216 e. The van der Waals surface area contributed by atoms with Crippen LogP contribution in [0.4, 0.5) is 0 Å². The summed E-state index contributed by atoms with van der Waals surface area (Å²) in [7, 11) is -3.37. The maximum absolute atomic E-state index is 12.1. The number of hydrogen-bond donors (Lipinski definition) is 2. The first-order valence-corrected chi connectivity index (χ1v) is 9.31. The summed E-state index contributed by atoms with van der Waals surface area (Å²) < 4.78 is 32.1. The molecule has 7 heteroatoms. The molecular weight excluding hydrogens is 326 g/mol. The second-order valence-electron chi connectivity index (χ2n) is 5.78. The lowest BCUT2D eigenvalue weighted by Crippen LogP contribution is -2.31. The van der Waals surface area contributed by atoms with E-state index in [9.17, 15) is 8.42 Å². The van der Waals surface area contributed by atoms with Crippen molar-refractivity contribution in [3.8, 4) is 6.07 Å². The second kappa shape index (κ2) is 8.11. The van der Waals surface area contributed by atoms with Crippen LogP contribution < -0.4 is 10.0 Å². The summed E-state index contributed by atoms with van der Waals surface area (Å²) in [5.74, 6) is 0.888. The molecule has 6 nitrogen and oxygen atoms in total. The molecule has 1 aromatic heterocycles. The van der Waals surface area contributed by atoms with E-state index in [4.69, 9.17) is 9.68 Å². The smallest absolute Gasteiger partial charge is 0.216 e. The molecule has 0 saturated carbocycles. The molecule has 1 heterocycles. The van der Waals surface area contributed by atoms with Crippen molar-refractivity contribution in [2.45, 2.75) is 38.7 Å². The summed E-state index contributed by atoms with van der Waals surface area (Å²) >= 11 is 0. The van der Waals surface area contributed by atoms with Gasteiger partial charge in [0.15, 0.2) is 0 Å². The third kappa shape index (κ3) is 5.49. The van der Waals surface area contributed by atoms with Crippen molar-refractivity contribution in [2.24, 2.45) is 0 Å². The fourth-order valence-corrected chi connectivity index (χ4v) is 3.82. The van der Waals surface area contributed by atoms with E-state index in [1.165, 1.54) is 0 Å². The third-order valence-electron chi connectivity index (χ3n) is 3.27. The number of benzene rings is 1. The number of nitriles is 1. The van der Waals surface area contributed by atoms with Gasteiger partial charge in [0.1, 0.15) is 11.8 Å². The summed E-state index contributed by atoms with van der Waals surface area (Å²) in [5, 5.41) is 11.9. The van der Waals surface area contributed by atoms with E-state index in [2.05, 4.69) is 10.0 Å². The van der Waals surface area contributed by atoms with E-state index in [1.54, 1.807) is 26.0 Å². The van der Waals surface area contributed by atoms with Gasteiger partial charge in [-0.2, -0.15) is 5.26 Å². The standard InChI is InChI=1S/C17H21N3O3S/c1-13(2)20-24(21,22)12-15-6-4-3-5-14(15)10-19-11-17-8-7-16(9-18)23-17/h3-8,13,19-20H,10-12H2,1-2H3. The molecule has 0 unspecified atom stereocenters. The lowest BCUT2D eigenvalue weighted by atomic mass is 10.1. The number of furan rings is 1. The van der Waals surface area contributed by atoms with E-state index >= 15 is 0 Å². The van der Waals surface area contributed by atoms with Crippen molar-refractivity contribution in [2.75, 3.05) is 0 Å². The summed E-state index contributed by atoms with van der Waals surface area (Å²) in [6, 6.07) is 12.6. The molecule has 2 N–H and O–H groups in total. The molecule has 1 aromatic carbocycles. The van der Waals surface area contributed by atoms with E-state index in [1.807, 2.05) is 30.3 Å². The van der Waals surface area contributed by atoms with Gasteiger partial charge in [-0.15, -0.1) is 0 Å². The third-order valence-corrected chi connectivity index (χ3v) is 4.79. The zero-order chi connectivity index (χ0) is 17.6. The fourth-order valence-electron chi connectivity index (χ4n) is 2.33. The average molecular weight is 347 g/mol. The molecule has 0 aliphatic carbocycles. The average Bonchev–Trinajstić information content (AvgIpc) is 2.95. The van der Waals surface area contributed by atoms with Gasteiger partial charge in [-0.05, 0) is 37.1 Å². The van der Waals surface area contributed by atoms with Crippen LogP contribution in [0.5, 0.6) is 0 Å². The van der Waals surface area contributed by atoms with Crippen LogP contribution in [0.2, 0.25) is 0 Å². The van der Waals surface area contributed by atoms with Crippen molar-refractivity contribution < 1.29 is 12.8 Å². The lowest BCUT2D eigenvalue weighted by molar-refractivity contribution is 0.473. The Balaban J connectivity index is 1.99. The highest BCUT2D eigenvalue weighted by atomic mass is 32.2. The first kappa shape index (κ1) is 18.2. The van der Waals surface area contributed by atoms with Crippen LogP contribution in [-0.4, -0.2) is 14.5 Å². The van der Waals surface area contributed by atoms with E-state index in [0.29, 0.717) is 18.8 Å². The molecule has 0 atom stereocenters. The van der Waals surface area contributed by atoms with Crippen molar-refractivity contribution in [1.29, 1.82) is 5.26 Å². The highest BCUT2D eigenvalue weighted by molar-refractivity contribution is 7.88. The van der Waals surface area contributed by atoms with Gasteiger partial charge in [-0.1, -0.05) is 24.3 Å². The molecule has 0 fully saturated rings. The van der Waals surface area contributed by atoms with Crippen LogP contribution in [-0.2, 0) is 28.9 Å². The Hall–Kier alpha value is -2.14. The minimum absolute atomic E-state index is 0.0532. The van der Waals surface area contributed by atoms with Gasteiger partial charge in [0.25, 0.3) is 0 Å². The molecule has 24 heavy (non-hydrogen) atoms. The molecular formula is C17H21N3O3S. The number of sulfonamides is 1. The SMILES string of the molecule is CC(C)NS(=O)(=O)Cc1ccccc1CNCc1ccc(C#N)o1. The Bertz CT molecular complexity index is 820. The van der Waals surface area contributed by atoms with E-state index in [0.717, 1.165) is 11.1 Å². The Morgan fingerprint density at radius 2 is 1.83 bits per heavy atom. The van der Waals surface area contributed by atoms with Crippen LogP contribution in [0.3, 0.4) is 0 Å². The number of nitrogens with zero attached hydrogens (tertiary/aromatic N) is 1. The summed E-state index contributed by atoms with van der Waals surface area (Å²) in [4.78, 5) is 0. The van der Waals surface area contributed by atoms with E-state index in [-0.39, 0.29) is 17.6 Å². The van der Waals surface area contributed by atoms with Gasteiger partial charge in [0.05, 0.1) is 12.3 Å². The van der Waals surface area contributed by atoms with Gasteiger partial charge in [-0.25, -0.2) is 13.1 Å². The first-order chi connectivity index (χ1) is 11.4. The first-order valence-electron chi connectivity index (χ1n) is 7.66. The van der Waals surface area contributed by atoms with Gasteiger partial charge in [0.2, 0.25) is 15.8 Å². The van der Waals surface area contributed by atoms with Crippen molar-refractivity contribution >= 4 is 10.0 Å². The zero-order valence-electron chi connectivity index (χ0n) is 13.7. The summed E-state index contributed by atoms with van der Waals surface area (Å²) in [6.07, 6.45) is 0. The molecule has 0 saturated heterocycles. The van der Waals surface area contributed by atoms with Crippen molar-refractivity contribution in [3.63, 3.8) is 0 Å². The molecule has 0 aliphatic rings. The number of hydrogen-bond acceptors (Lipinski definition) is 5. The van der Waals surface area contributed by atoms with Crippen LogP contribution in [0.25, 0.3) is 0 Å². The monoisotopic (exact) mass is 347 g/mol. The predicted octanol–water partition coefficient (Wildman–Crippen LogP) is 2.27. The topological polar surface area (TPSA) is 95.1 Å². The summed E-state index contributed by atoms with van der Waals surface area (Å²) in [6.45, 7) is 4.57. The van der Waals surface area contributed by atoms with E-state index < -0.39 is 10.0 Å². The fraction of sp³-hybridized carbons (Fsp3) is 0.353. The maximum atomic E-state index is 12.1. The second-order valence-corrected chi connectivity index (χ2v) is 7.54. The largest absolute Gasteiger partial charge is 0.449 e. The van der Waals surface area contributed by atoms with Crippen LogP contribution >= 0.6 is 0 Å². The van der Waals surface area contributed by atoms with Crippen molar-refractivity contribution in [1.82, 2.24) is 10.0 Å². The van der Waals surface area contributed by atoms with Gasteiger partial charge in [0, 0.05) is 12.6 Å². The van der Waals surface area contributed by atoms with Crippen LogP contribution in [0, 0.1) is 11.3 Å². The molecule has 0 radical (unpaired) electrons. The minimum Gasteiger partial charge on any atom is -0.449 e. The highest BCUT2D eigenvalue weighted by Gasteiger charge is 2.15. The number of nitrogens with one attached hydrogen (secondary N) is 2. The quantitative estimate of drug-likeness (QED) is 0.764. The molecule has 2 aromatic rings. The van der Waals surface area contributed by atoms with Crippen molar-refractivity contribution in [3.05, 3.63) is 59.0 Å². The molecule has 0 spiro atoms. The Labute approximate surface area is 142 Å². The summed E-state index contributed by atoms with van der Waals surface area (Å²) in [5.41, 5.74) is 1.68.